The molecule has 4 heteroatoms. The molecule has 0 aliphatic carbocycles. The van der Waals surface area contributed by atoms with Crippen molar-refractivity contribution in [1.82, 2.24) is 5.32 Å². The number of hydrogen-bond donors (Lipinski definition) is 1. The highest BCUT2D eigenvalue weighted by Gasteiger charge is 2.27. The van der Waals surface area contributed by atoms with Crippen LogP contribution < -0.4 is 5.32 Å². The average molecular weight is 233 g/mol. The smallest absolute Gasteiger partial charge is 0.318 e. The Balaban J connectivity index is 0.000000385. The monoisotopic (exact) mass is 233 g/mol. The highest BCUT2D eigenvalue weighted by Crippen LogP contribution is 2.20. The minimum atomic E-state index is -4.10. The fourth-order valence-electron chi connectivity index (χ4n) is 0.827. The van der Waals surface area contributed by atoms with Crippen LogP contribution in [0.1, 0.15) is 19.4 Å². The first-order valence-electron chi connectivity index (χ1n) is 5.13. The molecule has 0 radical (unpaired) electrons. The molecular weight excluding hydrogens is 215 g/mol. The van der Waals surface area contributed by atoms with Gasteiger partial charge in [0, 0.05) is 6.04 Å². The standard InChI is InChI=1S/C8H7F3.C4H11N/c9-8(10,11)6-7-4-2-1-3-5-7;1-4(2)5-3/h1-5H,6H2;4-5H,1-3H3. The molecule has 0 heterocycles. The van der Waals surface area contributed by atoms with Crippen LogP contribution >= 0.6 is 0 Å². The third-order valence-electron chi connectivity index (χ3n) is 1.82. The molecule has 0 saturated carbocycles. The maximum Gasteiger partial charge on any atom is 0.393 e. The predicted molar refractivity (Wildman–Crippen MR) is 60.4 cm³/mol. The predicted octanol–water partition coefficient (Wildman–Crippen LogP) is 3.41. The molecule has 1 N–H and O–H groups in total. The Hall–Kier alpha value is -1.03. The normalized spacial score (nSPS) is 10.9. The molecule has 1 aromatic rings. The van der Waals surface area contributed by atoms with E-state index >= 15 is 0 Å². The molecule has 1 rings (SSSR count). The van der Waals surface area contributed by atoms with Crippen LogP contribution in [0.4, 0.5) is 13.2 Å². The lowest BCUT2D eigenvalue weighted by atomic mass is 10.1. The molecule has 0 atom stereocenters. The molecule has 0 amide bonds. The Bertz CT molecular complexity index is 267. The Morgan fingerprint density at radius 3 is 1.88 bits per heavy atom. The second kappa shape index (κ2) is 7.28. The van der Waals surface area contributed by atoms with Gasteiger partial charge in [-0.1, -0.05) is 44.2 Å². The summed E-state index contributed by atoms with van der Waals surface area (Å²) in [5, 5.41) is 3.03. The van der Waals surface area contributed by atoms with Gasteiger partial charge in [-0.05, 0) is 12.6 Å². The van der Waals surface area contributed by atoms with Gasteiger partial charge in [0.15, 0.2) is 0 Å². The van der Waals surface area contributed by atoms with Crippen molar-refractivity contribution in [3.05, 3.63) is 35.9 Å². The van der Waals surface area contributed by atoms with Crippen LogP contribution in [0.3, 0.4) is 0 Å². The van der Waals surface area contributed by atoms with Gasteiger partial charge in [-0.3, -0.25) is 0 Å². The first-order valence-corrected chi connectivity index (χ1v) is 5.13. The number of hydrogen-bond acceptors (Lipinski definition) is 1. The molecule has 92 valence electrons. The molecule has 0 saturated heterocycles. The number of nitrogens with one attached hydrogen (secondary N) is 1. The third kappa shape index (κ3) is 9.52. The first kappa shape index (κ1) is 15.0. The molecule has 0 aromatic heterocycles. The SMILES string of the molecule is CNC(C)C.FC(F)(F)Cc1ccccc1. The van der Waals surface area contributed by atoms with Crippen molar-refractivity contribution in [3.63, 3.8) is 0 Å². The zero-order valence-corrected chi connectivity index (χ0v) is 9.81. The van der Waals surface area contributed by atoms with E-state index in [1.807, 2.05) is 7.05 Å². The lowest BCUT2D eigenvalue weighted by molar-refractivity contribution is -0.127. The zero-order valence-electron chi connectivity index (χ0n) is 9.81. The zero-order chi connectivity index (χ0) is 12.6. The summed E-state index contributed by atoms with van der Waals surface area (Å²) in [5.41, 5.74) is 0.306. The van der Waals surface area contributed by atoms with Gasteiger partial charge in [0.1, 0.15) is 0 Å². The molecule has 16 heavy (non-hydrogen) atoms. The maximum absolute atomic E-state index is 11.7. The average Bonchev–Trinajstić information content (AvgIpc) is 2.17. The quantitative estimate of drug-likeness (QED) is 0.825. The molecule has 0 spiro atoms. The summed E-state index contributed by atoms with van der Waals surface area (Å²) in [4.78, 5) is 0. The van der Waals surface area contributed by atoms with E-state index in [-0.39, 0.29) is 0 Å². The van der Waals surface area contributed by atoms with Crippen LogP contribution in [0.5, 0.6) is 0 Å². The first-order chi connectivity index (χ1) is 7.35. The van der Waals surface area contributed by atoms with Crippen LogP contribution in [0.2, 0.25) is 0 Å². The van der Waals surface area contributed by atoms with E-state index in [0.29, 0.717) is 11.6 Å². The van der Waals surface area contributed by atoms with Crippen LogP contribution in [0.25, 0.3) is 0 Å². The Morgan fingerprint density at radius 2 is 1.56 bits per heavy atom. The van der Waals surface area contributed by atoms with Gasteiger partial charge in [0.05, 0.1) is 6.42 Å². The Morgan fingerprint density at radius 1 is 1.12 bits per heavy atom. The van der Waals surface area contributed by atoms with E-state index in [1.165, 1.54) is 12.1 Å². The molecule has 0 aliphatic heterocycles. The summed E-state index contributed by atoms with van der Waals surface area (Å²) < 4.78 is 35.2. The number of halogens is 3. The van der Waals surface area contributed by atoms with Crippen molar-refractivity contribution >= 4 is 0 Å². The van der Waals surface area contributed by atoms with E-state index in [2.05, 4.69) is 19.2 Å². The topological polar surface area (TPSA) is 12.0 Å². The van der Waals surface area contributed by atoms with Gasteiger partial charge in [-0.2, -0.15) is 13.2 Å². The van der Waals surface area contributed by atoms with Crippen molar-refractivity contribution in [2.45, 2.75) is 32.5 Å². The van der Waals surface area contributed by atoms with E-state index in [0.717, 1.165) is 0 Å². The number of alkyl halides is 3. The second-order valence-electron chi connectivity index (χ2n) is 3.72. The van der Waals surface area contributed by atoms with Gasteiger partial charge in [-0.25, -0.2) is 0 Å². The van der Waals surface area contributed by atoms with E-state index in [4.69, 9.17) is 0 Å². The summed E-state index contributed by atoms with van der Waals surface area (Å²) >= 11 is 0. The molecule has 0 unspecified atom stereocenters. The van der Waals surface area contributed by atoms with Gasteiger partial charge in [-0.15, -0.1) is 0 Å². The van der Waals surface area contributed by atoms with E-state index in [9.17, 15) is 13.2 Å². The van der Waals surface area contributed by atoms with Crippen LogP contribution in [-0.4, -0.2) is 19.3 Å². The van der Waals surface area contributed by atoms with Crippen molar-refractivity contribution in [2.24, 2.45) is 0 Å². The van der Waals surface area contributed by atoms with E-state index < -0.39 is 12.6 Å². The van der Waals surface area contributed by atoms with Gasteiger partial charge in [0.25, 0.3) is 0 Å². The van der Waals surface area contributed by atoms with Crippen LogP contribution in [0.15, 0.2) is 30.3 Å². The lowest BCUT2D eigenvalue weighted by Crippen LogP contribution is -2.15. The fourth-order valence-corrected chi connectivity index (χ4v) is 0.827. The van der Waals surface area contributed by atoms with Gasteiger partial charge in [0.2, 0.25) is 0 Å². The molecule has 1 aromatic carbocycles. The highest BCUT2D eigenvalue weighted by atomic mass is 19.4. The maximum atomic E-state index is 11.7. The van der Waals surface area contributed by atoms with Gasteiger partial charge < -0.3 is 5.32 Å². The summed E-state index contributed by atoms with van der Waals surface area (Å²) in [6, 6.07) is 8.46. The molecule has 1 nitrogen and oxygen atoms in total. The molecule has 0 fully saturated rings. The van der Waals surface area contributed by atoms with Crippen molar-refractivity contribution in [1.29, 1.82) is 0 Å². The Kier molecular flexibility index (Phi) is 6.81. The van der Waals surface area contributed by atoms with Crippen molar-refractivity contribution in [2.75, 3.05) is 7.05 Å². The van der Waals surface area contributed by atoms with E-state index in [1.54, 1.807) is 18.2 Å². The fraction of sp³-hybridized carbons (Fsp3) is 0.500. The van der Waals surface area contributed by atoms with Crippen LogP contribution in [-0.2, 0) is 6.42 Å². The summed E-state index contributed by atoms with van der Waals surface area (Å²) in [7, 11) is 1.95. The molecule has 0 bridgehead atoms. The van der Waals surface area contributed by atoms with Gasteiger partial charge >= 0.3 is 6.18 Å². The molecule has 0 aliphatic rings. The number of rotatable bonds is 2. The minimum Gasteiger partial charge on any atom is -0.318 e. The van der Waals surface area contributed by atoms with Crippen molar-refractivity contribution in [3.8, 4) is 0 Å². The highest BCUT2D eigenvalue weighted by molar-refractivity contribution is 5.15. The third-order valence-corrected chi connectivity index (χ3v) is 1.82. The van der Waals surface area contributed by atoms with Crippen molar-refractivity contribution < 1.29 is 13.2 Å². The molecular formula is C12H18F3N. The van der Waals surface area contributed by atoms with Crippen LogP contribution in [0, 0.1) is 0 Å². The lowest BCUT2D eigenvalue weighted by Gasteiger charge is -2.04. The largest absolute Gasteiger partial charge is 0.393 e. The summed E-state index contributed by atoms with van der Waals surface area (Å²) in [5.74, 6) is 0. The second-order valence-corrected chi connectivity index (χ2v) is 3.72. The summed E-state index contributed by atoms with van der Waals surface area (Å²) in [6.07, 6.45) is -4.94. The Labute approximate surface area is 94.7 Å². The minimum absolute atomic E-state index is 0.306. The summed E-state index contributed by atoms with van der Waals surface area (Å²) in [6.45, 7) is 4.22. The number of benzene rings is 1.